The number of carbonyl (C=O) groups excluding carboxylic acids is 2. The van der Waals surface area contributed by atoms with Crippen LogP contribution in [0.5, 0.6) is 11.5 Å². The van der Waals surface area contributed by atoms with Gasteiger partial charge in [0.1, 0.15) is 0 Å². The van der Waals surface area contributed by atoms with Gasteiger partial charge in [0.2, 0.25) is 0 Å². The number of methoxy groups -OCH3 is 1. The van der Waals surface area contributed by atoms with Crippen LogP contribution < -0.4 is 9.47 Å². The summed E-state index contributed by atoms with van der Waals surface area (Å²) in [6, 6.07) is 11.0. The SMILES string of the molecule is CCOc1c(Cl)cc(C(=O)OCC(=O)N2CCc3ccccc3C2)cc1OC. The summed E-state index contributed by atoms with van der Waals surface area (Å²) < 4.78 is 15.9. The third kappa shape index (κ3) is 4.39. The van der Waals surface area contributed by atoms with Crippen molar-refractivity contribution in [2.75, 3.05) is 26.9 Å². The molecular weight excluding hydrogens is 382 g/mol. The maximum atomic E-state index is 12.5. The molecule has 1 amide bonds. The first kappa shape index (κ1) is 20.0. The van der Waals surface area contributed by atoms with Crippen LogP contribution in [0.25, 0.3) is 0 Å². The fourth-order valence-corrected chi connectivity index (χ4v) is 3.40. The van der Waals surface area contributed by atoms with Crippen LogP contribution in [0.3, 0.4) is 0 Å². The molecule has 1 aliphatic rings. The molecule has 6 nitrogen and oxygen atoms in total. The predicted molar refractivity (Wildman–Crippen MR) is 105 cm³/mol. The summed E-state index contributed by atoms with van der Waals surface area (Å²) in [5.74, 6) is -0.174. The Kier molecular flexibility index (Phi) is 6.41. The molecule has 0 unspecified atom stereocenters. The topological polar surface area (TPSA) is 65.1 Å². The monoisotopic (exact) mass is 403 g/mol. The summed E-state index contributed by atoms with van der Waals surface area (Å²) in [5.41, 5.74) is 2.57. The second kappa shape index (κ2) is 8.97. The van der Waals surface area contributed by atoms with Crippen molar-refractivity contribution >= 4 is 23.5 Å². The van der Waals surface area contributed by atoms with Crippen LogP contribution >= 0.6 is 11.6 Å². The average molecular weight is 404 g/mol. The van der Waals surface area contributed by atoms with Crippen LogP contribution in [-0.2, 0) is 22.5 Å². The van der Waals surface area contributed by atoms with Gasteiger partial charge in [-0.3, -0.25) is 4.79 Å². The summed E-state index contributed by atoms with van der Waals surface area (Å²) in [5, 5.41) is 0.243. The highest BCUT2D eigenvalue weighted by molar-refractivity contribution is 6.32. The van der Waals surface area contributed by atoms with E-state index in [1.165, 1.54) is 24.8 Å². The number of halogens is 1. The Balaban J connectivity index is 1.63. The first-order chi connectivity index (χ1) is 13.5. The van der Waals surface area contributed by atoms with Crippen molar-refractivity contribution in [3.63, 3.8) is 0 Å². The standard InChI is InChI=1S/C21H22ClNO5/c1-3-27-20-17(22)10-16(11-18(20)26-2)21(25)28-13-19(24)23-9-8-14-6-4-5-7-15(14)12-23/h4-7,10-11H,3,8-9,12-13H2,1-2H3. The second-order valence-corrected chi connectivity index (χ2v) is 6.74. The summed E-state index contributed by atoms with van der Waals surface area (Å²) in [6.07, 6.45) is 0.793. The lowest BCUT2D eigenvalue weighted by molar-refractivity contribution is -0.135. The highest BCUT2D eigenvalue weighted by Crippen LogP contribution is 2.36. The van der Waals surface area contributed by atoms with Gasteiger partial charge in [-0.2, -0.15) is 0 Å². The van der Waals surface area contributed by atoms with Gasteiger partial charge in [0, 0.05) is 13.1 Å². The smallest absolute Gasteiger partial charge is 0.338 e. The van der Waals surface area contributed by atoms with E-state index in [0.717, 1.165) is 12.0 Å². The van der Waals surface area contributed by atoms with E-state index in [9.17, 15) is 9.59 Å². The lowest BCUT2D eigenvalue weighted by atomic mass is 10.00. The normalized spacial score (nSPS) is 12.9. The van der Waals surface area contributed by atoms with Gasteiger partial charge in [-0.25, -0.2) is 4.79 Å². The molecule has 1 heterocycles. The number of carbonyl (C=O) groups is 2. The van der Waals surface area contributed by atoms with Gasteiger partial charge in [-0.1, -0.05) is 35.9 Å². The molecule has 0 N–H and O–H groups in total. The van der Waals surface area contributed by atoms with Crippen LogP contribution in [0.2, 0.25) is 5.02 Å². The van der Waals surface area contributed by atoms with Crippen molar-refractivity contribution in [1.29, 1.82) is 0 Å². The number of rotatable bonds is 6. The second-order valence-electron chi connectivity index (χ2n) is 6.33. The molecule has 2 aromatic carbocycles. The van der Waals surface area contributed by atoms with Crippen molar-refractivity contribution in [2.24, 2.45) is 0 Å². The zero-order valence-corrected chi connectivity index (χ0v) is 16.6. The molecule has 2 aromatic rings. The van der Waals surface area contributed by atoms with Gasteiger partial charge in [0.25, 0.3) is 5.91 Å². The molecule has 0 saturated heterocycles. The molecule has 0 atom stereocenters. The molecule has 3 rings (SSSR count). The molecule has 0 aromatic heterocycles. The molecule has 0 radical (unpaired) electrons. The van der Waals surface area contributed by atoms with Crippen LogP contribution in [0, 0.1) is 0 Å². The van der Waals surface area contributed by atoms with Crippen LogP contribution in [0.1, 0.15) is 28.4 Å². The summed E-state index contributed by atoms with van der Waals surface area (Å²) >= 11 is 6.18. The molecule has 0 fully saturated rings. The van der Waals surface area contributed by atoms with E-state index in [2.05, 4.69) is 6.07 Å². The fourth-order valence-electron chi connectivity index (χ4n) is 3.13. The van der Waals surface area contributed by atoms with E-state index in [1.807, 2.05) is 25.1 Å². The first-order valence-electron chi connectivity index (χ1n) is 9.05. The average Bonchev–Trinajstić information content (AvgIpc) is 2.72. The Morgan fingerprint density at radius 2 is 1.93 bits per heavy atom. The van der Waals surface area contributed by atoms with Gasteiger partial charge in [-0.05, 0) is 36.6 Å². The third-order valence-electron chi connectivity index (χ3n) is 4.56. The maximum Gasteiger partial charge on any atom is 0.338 e. The van der Waals surface area contributed by atoms with Gasteiger partial charge < -0.3 is 19.1 Å². The number of fused-ring (bicyclic) bond motifs is 1. The lowest BCUT2D eigenvalue weighted by Gasteiger charge is -2.28. The number of amides is 1. The van der Waals surface area contributed by atoms with Crippen molar-refractivity contribution in [3.05, 3.63) is 58.1 Å². The molecule has 148 valence electrons. The molecule has 0 saturated carbocycles. The molecule has 0 spiro atoms. The molecule has 1 aliphatic heterocycles. The van der Waals surface area contributed by atoms with Crippen LogP contribution in [0.4, 0.5) is 0 Å². The Morgan fingerprint density at radius 3 is 2.64 bits per heavy atom. The van der Waals surface area contributed by atoms with Crippen molar-refractivity contribution in [1.82, 2.24) is 4.90 Å². The van der Waals surface area contributed by atoms with E-state index in [1.54, 1.807) is 4.90 Å². The van der Waals surface area contributed by atoms with Gasteiger partial charge >= 0.3 is 5.97 Å². The Morgan fingerprint density at radius 1 is 1.18 bits per heavy atom. The maximum absolute atomic E-state index is 12.5. The number of esters is 1. The largest absolute Gasteiger partial charge is 0.493 e. The minimum absolute atomic E-state index is 0.196. The predicted octanol–water partition coefficient (Wildman–Crippen LogP) is 3.49. The molecule has 0 bridgehead atoms. The van der Waals surface area contributed by atoms with Crippen LogP contribution in [0.15, 0.2) is 36.4 Å². The van der Waals surface area contributed by atoms with E-state index in [4.69, 9.17) is 25.8 Å². The third-order valence-corrected chi connectivity index (χ3v) is 4.84. The summed E-state index contributed by atoms with van der Waals surface area (Å²) in [4.78, 5) is 26.5. The minimum Gasteiger partial charge on any atom is -0.493 e. The van der Waals surface area contributed by atoms with Gasteiger partial charge in [-0.15, -0.1) is 0 Å². The van der Waals surface area contributed by atoms with E-state index >= 15 is 0 Å². The van der Waals surface area contributed by atoms with Crippen molar-refractivity contribution < 1.29 is 23.8 Å². The number of hydrogen-bond donors (Lipinski definition) is 0. The van der Waals surface area contributed by atoms with Gasteiger partial charge in [0.05, 0.1) is 24.3 Å². The lowest BCUT2D eigenvalue weighted by Crippen LogP contribution is -2.38. The van der Waals surface area contributed by atoms with Crippen LogP contribution in [-0.4, -0.2) is 43.6 Å². The fraction of sp³-hybridized carbons (Fsp3) is 0.333. The number of nitrogens with zero attached hydrogens (tertiary/aromatic N) is 1. The number of benzene rings is 2. The Hall–Kier alpha value is -2.73. The Labute approximate surface area is 168 Å². The quantitative estimate of drug-likeness (QED) is 0.691. The number of hydrogen-bond acceptors (Lipinski definition) is 5. The van der Waals surface area contributed by atoms with E-state index < -0.39 is 5.97 Å². The molecule has 0 aliphatic carbocycles. The molecule has 7 heteroatoms. The molecular formula is C21H22ClNO5. The minimum atomic E-state index is -0.644. The van der Waals surface area contributed by atoms with Crippen molar-refractivity contribution in [3.8, 4) is 11.5 Å². The van der Waals surface area contributed by atoms with E-state index in [-0.39, 0.29) is 23.1 Å². The highest BCUT2D eigenvalue weighted by Gasteiger charge is 2.22. The number of ether oxygens (including phenoxy) is 3. The first-order valence-corrected chi connectivity index (χ1v) is 9.43. The van der Waals surface area contributed by atoms with E-state index in [0.29, 0.717) is 31.2 Å². The highest BCUT2D eigenvalue weighted by atomic mass is 35.5. The van der Waals surface area contributed by atoms with Gasteiger partial charge in [0.15, 0.2) is 18.1 Å². The summed E-state index contributed by atoms with van der Waals surface area (Å²) in [7, 11) is 1.46. The van der Waals surface area contributed by atoms with Crippen molar-refractivity contribution in [2.45, 2.75) is 19.9 Å². The summed E-state index contributed by atoms with van der Waals surface area (Å²) in [6.45, 7) is 3.04. The zero-order valence-electron chi connectivity index (χ0n) is 15.9. The zero-order chi connectivity index (χ0) is 20.1. The Bertz CT molecular complexity index is 883. The molecule has 28 heavy (non-hydrogen) atoms.